The van der Waals surface area contributed by atoms with Gasteiger partial charge in [0, 0.05) is 15.4 Å². The van der Waals surface area contributed by atoms with Crippen molar-refractivity contribution in [1.29, 1.82) is 10.5 Å². The first-order valence-corrected chi connectivity index (χ1v) is 12.5. The summed E-state index contributed by atoms with van der Waals surface area (Å²) in [6, 6.07) is 35.2. The summed E-state index contributed by atoms with van der Waals surface area (Å²) in [6.45, 7) is -0.0579. The molecule has 0 heterocycles. The molecule has 0 atom stereocenters. The Morgan fingerprint density at radius 2 is 1.35 bits per heavy atom. The molecule has 0 fully saturated rings. The number of ketones is 1. The molecular weight excluding hydrogens is 476 g/mol. The molecule has 0 amide bonds. The topological polar surface area (TPSA) is 73.9 Å². The molecular formula is C32H18N2O2S. The zero-order chi connectivity index (χ0) is 25.4. The summed E-state index contributed by atoms with van der Waals surface area (Å²) in [4.78, 5) is 15.0. The highest BCUT2D eigenvalue weighted by molar-refractivity contribution is 7.99. The lowest BCUT2D eigenvalue weighted by Crippen LogP contribution is -2.12. The Kier molecular flexibility index (Phi) is 5.69. The van der Waals surface area contributed by atoms with Crippen molar-refractivity contribution >= 4 is 49.9 Å². The van der Waals surface area contributed by atoms with Gasteiger partial charge in [-0.3, -0.25) is 4.79 Å². The van der Waals surface area contributed by atoms with Gasteiger partial charge in [0.2, 0.25) is 5.78 Å². The Morgan fingerprint density at radius 3 is 2.08 bits per heavy atom. The minimum atomic E-state index is -0.0713. The predicted octanol–water partition coefficient (Wildman–Crippen LogP) is 7.74. The van der Waals surface area contributed by atoms with Gasteiger partial charge >= 0.3 is 0 Å². The van der Waals surface area contributed by atoms with E-state index in [4.69, 9.17) is 10.00 Å². The van der Waals surface area contributed by atoms with Crippen molar-refractivity contribution in [3.8, 4) is 17.9 Å². The van der Waals surface area contributed by atoms with E-state index in [9.17, 15) is 10.1 Å². The molecule has 0 saturated heterocycles. The molecule has 0 aliphatic heterocycles. The molecule has 6 aromatic rings. The van der Waals surface area contributed by atoms with Gasteiger partial charge in [-0.05, 0) is 74.8 Å². The van der Waals surface area contributed by atoms with Crippen LogP contribution in [0.1, 0.15) is 21.5 Å². The van der Waals surface area contributed by atoms with Crippen LogP contribution in [0.2, 0.25) is 0 Å². The number of ether oxygens (including phenoxy) is 1. The van der Waals surface area contributed by atoms with Crippen molar-refractivity contribution in [3.63, 3.8) is 0 Å². The number of rotatable bonds is 6. The highest BCUT2D eigenvalue weighted by atomic mass is 32.2. The summed E-state index contributed by atoms with van der Waals surface area (Å²) in [5.74, 6) is 0.533. The van der Waals surface area contributed by atoms with Gasteiger partial charge in [-0.1, -0.05) is 66.4 Å². The van der Waals surface area contributed by atoms with E-state index >= 15 is 0 Å². The Labute approximate surface area is 217 Å². The van der Waals surface area contributed by atoms with Gasteiger partial charge in [-0.15, -0.1) is 0 Å². The van der Waals surface area contributed by atoms with Crippen LogP contribution in [-0.2, 0) is 0 Å². The van der Waals surface area contributed by atoms with Crippen LogP contribution in [0.15, 0.2) is 107 Å². The van der Waals surface area contributed by atoms with Gasteiger partial charge in [-0.25, -0.2) is 0 Å². The van der Waals surface area contributed by atoms with Crippen LogP contribution in [-0.4, -0.2) is 12.4 Å². The van der Waals surface area contributed by atoms with E-state index in [-0.39, 0.29) is 12.4 Å². The number of carbonyl (C=O) groups is 1. The molecule has 6 rings (SSSR count). The maximum absolute atomic E-state index is 13.2. The Morgan fingerprint density at radius 1 is 0.703 bits per heavy atom. The normalized spacial score (nSPS) is 11.0. The lowest BCUT2D eigenvalue weighted by Gasteiger charge is -2.13. The minimum Gasteiger partial charge on any atom is -0.485 e. The SMILES string of the molecule is N#Cc1ccc(Sc2ccc(OCC(=O)c3ccc4ccc5cccc6ccc3c4c56)cc2)cc1C#N. The van der Waals surface area contributed by atoms with E-state index in [1.54, 1.807) is 12.1 Å². The average Bonchev–Trinajstić information content (AvgIpc) is 2.95. The van der Waals surface area contributed by atoms with Gasteiger partial charge in [0.15, 0.2) is 6.61 Å². The number of nitriles is 2. The summed E-state index contributed by atoms with van der Waals surface area (Å²) in [5.41, 5.74) is 1.38. The van der Waals surface area contributed by atoms with Gasteiger partial charge in [0.1, 0.15) is 17.9 Å². The molecule has 0 saturated carbocycles. The molecule has 0 bridgehead atoms. The molecule has 0 unspecified atom stereocenters. The maximum atomic E-state index is 13.2. The van der Waals surface area contributed by atoms with E-state index in [1.807, 2.05) is 54.6 Å². The number of benzene rings is 6. The highest BCUT2D eigenvalue weighted by Crippen LogP contribution is 2.36. The second-order valence-corrected chi connectivity index (χ2v) is 9.83. The quantitative estimate of drug-likeness (QED) is 0.175. The molecule has 0 aliphatic rings. The fraction of sp³-hybridized carbons (Fsp3) is 0.0312. The molecule has 0 spiro atoms. The second-order valence-electron chi connectivity index (χ2n) is 8.69. The first kappa shape index (κ1) is 22.6. The van der Waals surface area contributed by atoms with E-state index in [0.29, 0.717) is 22.4 Å². The van der Waals surface area contributed by atoms with Crippen LogP contribution in [0, 0.1) is 22.7 Å². The van der Waals surface area contributed by atoms with Crippen molar-refractivity contribution in [2.45, 2.75) is 9.79 Å². The third-order valence-electron chi connectivity index (χ3n) is 6.49. The lowest BCUT2D eigenvalue weighted by molar-refractivity contribution is 0.0923. The van der Waals surface area contributed by atoms with Crippen molar-refractivity contribution in [2.75, 3.05) is 6.61 Å². The zero-order valence-electron chi connectivity index (χ0n) is 19.6. The lowest BCUT2D eigenvalue weighted by atomic mass is 9.91. The summed E-state index contributed by atoms with van der Waals surface area (Å²) in [6.07, 6.45) is 0. The zero-order valence-corrected chi connectivity index (χ0v) is 20.4. The smallest absolute Gasteiger partial charge is 0.200 e. The van der Waals surface area contributed by atoms with Gasteiger partial charge in [-0.2, -0.15) is 10.5 Å². The number of Topliss-reactive ketones (excluding diaryl/α,β-unsaturated/α-hetero) is 1. The first-order chi connectivity index (χ1) is 18.1. The molecule has 6 aromatic carbocycles. The monoisotopic (exact) mass is 494 g/mol. The van der Waals surface area contributed by atoms with Crippen LogP contribution in [0.4, 0.5) is 0 Å². The average molecular weight is 495 g/mol. The van der Waals surface area contributed by atoms with E-state index in [2.05, 4.69) is 42.5 Å². The second kappa shape index (κ2) is 9.32. The first-order valence-electron chi connectivity index (χ1n) is 11.7. The highest BCUT2D eigenvalue weighted by Gasteiger charge is 2.15. The summed E-state index contributed by atoms with van der Waals surface area (Å²) in [5, 5.41) is 25.0. The van der Waals surface area contributed by atoms with E-state index in [0.717, 1.165) is 25.9 Å². The van der Waals surface area contributed by atoms with Crippen molar-refractivity contribution < 1.29 is 9.53 Å². The van der Waals surface area contributed by atoms with Gasteiger partial charge in [0.25, 0.3) is 0 Å². The number of nitrogens with zero attached hydrogens (tertiary/aromatic N) is 2. The molecule has 0 aromatic heterocycles. The van der Waals surface area contributed by atoms with Gasteiger partial charge < -0.3 is 4.74 Å². The van der Waals surface area contributed by atoms with Crippen LogP contribution >= 0.6 is 11.8 Å². The Balaban J connectivity index is 1.20. The summed E-state index contributed by atoms with van der Waals surface area (Å²) in [7, 11) is 0. The molecule has 5 heteroatoms. The molecule has 4 nitrogen and oxygen atoms in total. The Hall–Kier alpha value is -4.84. The van der Waals surface area contributed by atoms with Gasteiger partial charge in [0.05, 0.1) is 11.1 Å². The third kappa shape index (κ3) is 4.12. The fourth-order valence-corrected chi connectivity index (χ4v) is 5.58. The van der Waals surface area contributed by atoms with Crippen molar-refractivity contribution in [1.82, 2.24) is 0 Å². The standard InChI is InChI=1S/C32H18N2O2S/c33-17-23-6-11-27(16-24(23)18-34)37-26-12-9-25(10-13-26)36-19-30(35)28-14-7-22-5-4-20-2-1-3-21-8-15-29(28)32(22)31(20)21/h1-16H,19H2. The number of hydrogen-bond acceptors (Lipinski definition) is 5. The molecule has 0 N–H and O–H groups in total. The number of hydrogen-bond donors (Lipinski definition) is 0. The van der Waals surface area contributed by atoms with Crippen LogP contribution in [0.3, 0.4) is 0 Å². The third-order valence-corrected chi connectivity index (χ3v) is 7.49. The maximum Gasteiger partial charge on any atom is 0.200 e. The molecule has 0 radical (unpaired) electrons. The van der Waals surface area contributed by atoms with Crippen LogP contribution in [0.25, 0.3) is 32.3 Å². The predicted molar refractivity (Wildman–Crippen MR) is 146 cm³/mol. The van der Waals surface area contributed by atoms with E-state index < -0.39 is 0 Å². The van der Waals surface area contributed by atoms with Crippen LogP contribution in [0.5, 0.6) is 5.75 Å². The summed E-state index contributed by atoms with van der Waals surface area (Å²) >= 11 is 1.49. The van der Waals surface area contributed by atoms with Crippen LogP contribution < -0.4 is 4.74 Å². The Bertz CT molecular complexity index is 1880. The largest absolute Gasteiger partial charge is 0.485 e. The summed E-state index contributed by atoms with van der Waals surface area (Å²) < 4.78 is 5.85. The number of carbonyl (C=O) groups excluding carboxylic acids is 1. The minimum absolute atomic E-state index is 0.0579. The fourth-order valence-electron chi connectivity index (χ4n) is 4.72. The van der Waals surface area contributed by atoms with Crippen molar-refractivity contribution in [3.05, 3.63) is 114 Å². The molecule has 37 heavy (non-hydrogen) atoms. The molecule has 174 valence electrons. The molecule has 0 aliphatic carbocycles. The van der Waals surface area contributed by atoms with E-state index in [1.165, 1.54) is 27.9 Å². The van der Waals surface area contributed by atoms with Crippen molar-refractivity contribution in [2.24, 2.45) is 0 Å².